The van der Waals surface area contributed by atoms with Crippen LogP contribution >= 0.6 is 0 Å². The van der Waals surface area contributed by atoms with Gasteiger partial charge in [0.05, 0.1) is 5.56 Å². The maximum Gasteiger partial charge on any atom is 0.256 e. The van der Waals surface area contributed by atoms with Crippen LogP contribution in [-0.4, -0.2) is 42.9 Å². The number of hydrogen-bond donors (Lipinski definition) is 1. The Labute approximate surface area is 233 Å². The molecule has 5 rings (SSSR count). The van der Waals surface area contributed by atoms with E-state index in [1.807, 2.05) is 47.4 Å². The van der Waals surface area contributed by atoms with Gasteiger partial charge in [-0.15, -0.1) is 0 Å². The number of carbonyl (C=O) groups excluding carboxylic acids is 2. The molecule has 1 N–H and O–H groups in total. The zero-order valence-electron chi connectivity index (χ0n) is 23.2. The van der Waals surface area contributed by atoms with Crippen molar-refractivity contribution in [1.29, 1.82) is 0 Å². The van der Waals surface area contributed by atoms with Gasteiger partial charge in [0.25, 0.3) is 11.8 Å². The van der Waals surface area contributed by atoms with Crippen LogP contribution in [0.25, 0.3) is 0 Å². The second-order valence-electron chi connectivity index (χ2n) is 11.1. The molecule has 5 heteroatoms. The number of amides is 2. The number of carbonyl (C=O) groups is 2. The molecule has 5 nitrogen and oxygen atoms in total. The molecule has 39 heavy (non-hydrogen) atoms. The highest BCUT2D eigenvalue weighted by atomic mass is 16.2. The Hall–Kier alpha value is -3.60. The van der Waals surface area contributed by atoms with E-state index in [1.165, 1.54) is 11.1 Å². The van der Waals surface area contributed by atoms with Gasteiger partial charge in [0, 0.05) is 43.1 Å². The number of benzene rings is 3. The molecular formula is C34H41N3O2. The molecule has 0 unspecified atom stereocenters. The van der Waals surface area contributed by atoms with Crippen molar-refractivity contribution in [2.24, 2.45) is 5.92 Å². The van der Waals surface area contributed by atoms with E-state index in [4.69, 9.17) is 0 Å². The van der Waals surface area contributed by atoms with Gasteiger partial charge < -0.3 is 15.1 Å². The van der Waals surface area contributed by atoms with Crippen LogP contribution < -0.4 is 10.2 Å². The molecule has 2 fully saturated rings. The van der Waals surface area contributed by atoms with E-state index < -0.39 is 0 Å². The first-order valence-electron chi connectivity index (χ1n) is 14.7. The van der Waals surface area contributed by atoms with Crippen molar-refractivity contribution in [3.8, 4) is 0 Å². The van der Waals surface area contributed by atoms with Gasteiger partial charge in [-0.1, -0.05) is 55.8 Å². The lowest BCUT2D eigenvalue weighted by Crippen LogP contribution is -2.36. The fourth-order valence-corrected chi connectivity index (χ4v) is 5.88. The number of nitrogens with zero attached hydrogens (tertiary/aromatic N) is 2. The summed E-state index contributed by atoms with van der Waals surface area (Å²) in [6, 6.07) is 24.5. The lowest BCUT2D eigenvalue weighted by molar-refractivity contribution is 0.0793. The minimum absolute atomic E-state index is 0.0743. The maximum absolute atomic E-state index is 13.6. The second-order valence-corrected chi connectivity index (χ2v) is 11.1. The normalized spacial score (nSPS) is 15.9. The quantitative estimate of drug-likeness (QED) is 0.329. The summed E-state index contributed by atoms with van der Waals surface area (Å²) in [6.45, 7) is 5.67. The highest BCUT2D eigenvalue weighted by Gasteiger charge is 2.27. The second kappa shape index (κ2) is 13.0. The van der Waals surface area contributed by atoms with E-state index >= 15 is 0 Å². The Balaban J connectivity index is 1.30. The molecule has 0 radical (unpaired) electrons. The zero-order chi connectivity index (χ0) is 27.0. The molecular weight excluding hydrogens is 482 g/mol. The molecule has 2 amide bonds. The van der Waals surface area contributed by atoms with Crippen LogP contribution in [-0.2, 0) is 12.8 Å². The topological polar surface area (TPSA) is 52.7 Å². The third-order valence-corrected chi connectivity index (χ3v) is 8.24. The largest absolute Gasteiger partial charge is 0.371 e. The Kier molecular flexibility index (Phi) is 8.97. The number of unbranched alkanes of at least 4 members (excludes halogenated alkanes) is 1. The Bertz CT molecular complexity index is 1240. The highest BCUT2D eigenvalue weighted by molar-refractivity contribution is 6.06. The maximum atomic E-state index is 13.6. The molecule has 2 heterocycles. The van der Waals surface area contributed by atoms with Gasteiger partial charge in [-0.3, -0.25) is 9.59 Å². The van der Waals surface area contributed by atoms with Gasteiger partial charge in [0.15, 0.2) is 0 Å². The summed E-state index contributed by atoms with van der Waals surface area (Å²) in [4.78, 5) is 31.0. The third kappa shape index (κ3) is 6.89. The Morgan fingerprint density at radius 3 is 2.26 bits per heavy atom. The fourth-order valence-electron chi connectivity index (χ4n) is 5.88. The fraction of sp³-hybridized carbons (Fsp3) is 0.412. The van der Waals surface area contributed by atoms with Gasteiger partial charge in [-0.05, 0) is 92.3 Å². The summed E-state index contributed by atoms with van der Waals surface area (Å²) in [5.41, 5.74) is 5.64. The van der Waals surface area contributed by atoms with E-state index in [0.717, 1.165) is 83.2 Å². The van der Waals surface area contributed by atoms with Gasteiger partial charge in [0.2, 0.25) is 0 Å². The van der Waals surface area contributed by atoms with Crippen molar-refractivity contribution in [2.45, 2.75) is 58.3 Å². The monoisotopic (exact) mass is 523 g/mol. The Morgan fingerprint density at radius 1 is 0.846 bits per heavy atom. The number of hydrogen-bond acceptors (Lipinski definition) is 3. The molecule has 3 aromatic rings. The summed E-state index contributed by atoms with van der Waals surface area (Å²) >= 11 is 0. The standard InChI is InChI=1S/C34H41N3O2/c1-2-3-9-26-12-14-29(15-13-26)33(38)35-30-16-17-32(31(25-30)34(39)37-20-7-8-21-37)36-22-18-28(19-23-36)24-27-10-5-4-6-11-27/h4-6,10-17,25,28H,2-3,7-9,18-24H2,1H3,(H,35,38). The minimum atomic E-state index is -0.147. The Morgan fingerprint density at radius 2 is 1.56 bits per heavy atom. The number of likely N-dealkylation sites (tertiary alicyclic amines) is 1. The molecule has 2 aliphatic heterocycles. The molecule has 2 saturated heterocycles. The average molecular weight is 524 g/mol. The number of anilines is 2. The van der Waals surface area contributed by atoms with Gasteiger partial charge in [0.1, 0.15) is 0 Å². The van der Waals surface area contributed by atoms with E-state index in [2.05, 4.69) is 47.5 Å². The number of rotatable bonds is 9. The van der Waals surface area contributed by atoms with Gasteiger partial charge >= 0.3 is 0 Å². The average Bonchev–Trinajstić information content (AvgIpc) is 3.52. The first-order chi connectivity index (χ1) is 19.1. The summed E-state index contributed by atoms with van der Waals surface area (Å²) in [6.07, 6.45) is 8.77. The molecule has 0 aliphatic carbocycles. The van der Waals surface area contributed by atoms with Crippen LogP contribution in [0.2, 0.25) is 0 Å². The summed E-state index contributed by atoms with van der Waals surface area (Å²) in [5, 5.41) is 3.04. The van der Waals surface area contributed by atoms with Crippen LogP contribution in [0.3, 0.4) is 0 Å². The highest BCUT2D eigenvalue weighted by Crippen LogP contribution is 2.31. The first kappa shape index (κ1) is 27.0. The van der Waals surface area contributed by atoms with E-state index in [1.54, 1.807) is 0 Å². The lowest BCUT2D eigenvalue weighted by Gasteiger charge is -2.35. The molecule has 0 bridgehead atoms. The van der Waals surface area contributed by atoms with E-state index in [-0.39, 0.29) is 11.8 Å². The van der Waals surface area contributed by atoms with Gasteiger partial charge in [-0.2, -0.15) is 0 Å². The molecule has 204 valence electrons. The molecule has 2 aliphatic rings. The smallest absolute Gasteiger partial charge is 0.256 e. The molecule has 0 atom stereocenters. The van der Waals surface area contributed by atoms with E-state index in [0.29, 0.717) is 22.7 Å². The molecule has 0 saturated carbocycles. The zero-order valence-corrected chi connectivity index (χ0v) is 23.2. The number of aryl methyl sites for hydroxylation is 1. The lowest BCUT2D eigenvalue weighted by atomic mass is 9.89. The van der Waals surface area contributed by atoms with Crippen molar-refractivity contribution < 1.29 is 9.59 Å². The van der Waals surface area contributed by atoms with Crippen LogP contribution in [0.4, 0.5) is 11.4 Å². The van der Waals surface area contributed by atoms with Gasteiger partial charge in [-0.25, -0.2) is 0 Å². The molecule has 3 aromatic carbocycles. The number of piperidine rings is 1. The van der Waals surface area contributed by atoms with E-state index in [9.17, 15) is 9.59 Å². The predicted molar refractivity (Wildman–Crippen MR) is 160 cm³/mol. The summed E-state index contributed by atoms with van der Waals surface area (Å²) in [5.74, 6) is 0.588. The van der Waals surface area contributed by atoms with Crippen LogP contribution in [0.15, 0.2) is 72.8 Å². The van der Waals surface area contributed by atoms with Crippen molar-refractivity contribution >= 4 is 23.2 Å². The SMILES string of the molecule is CCCCc1ccc(C(=O)Nc2ccc(N3CCC(Cc4ccccc4)CC3)c(C(=O)N3CCCC3)c2)cc1. The van der Waals surface area contributed by atoms with Crippen molar-refractivity contribution in [3.05, 3.63) is 95.1 Å². The summed E-state index contributed by atoms with van der Waals surface area (Å²) < 4.78 is 0. The van der Waals surface area contributed by atoms with Crippen molar-refractivity contribution in [1.82, 2.24) is 4.90 Å². The molecule has 0 spiro atoms. The van der Waals surface area contributed by atoms with Crippen LogP contribution in [0.5, 0.6) is 0 Å². The molecule has 0 aromatic heterocycles. The van der Waals surface area contributed by atoms with Crippen molar-refractivity contribution in [2.75, 3.05) is 36.4 Å². The minimum Gasteiger partial charge on any atom is -0.371 e. The predicted octanol–water partition coefficient (Wildman–Crippen LogP) is 6.98. The third-order valence-electron chi connectivity index (χ3n) is 8.24. The van der Waals surface area contributed by atoms with Crippen LogP contribution in [0.1, 0.15) is 77.3 Å². The summed E-state index contributed by atoms with van der Waals surface area (Å²) in [7, 11) is 0. The number of nitrogens with one attached hydrogen (secondary N) is 1. The first-order valence-corrected chi connectivity index (χ1v) is 14.7. The van der Waals surface area contributed by atoms with Crippen LogP contribution in [0, 0.1) is 5.92 Å². The van der Waals surface area contributed by atoms with Crippen molar-refractivity contribution in [3.63, 3.8) is 0 Å².